The smallest absolute Gasteiger partial charge is 0.416 e. The molecule has 3 aromatic carbocycles. The van der Waals surface area contributed by atoms with Crippen molar-refractivity contribution in [1.82, 2.24) is 4.90 Å². The van der Waals surface area contributed by atoms with Gasteiger partial charge in [-0.15, -0.1) is 12.4 Å². The van der Waals surface area contributed by atoms with Gasteiger partial charge in [-0.05, 0) is 91.8 Å². The molecule has 0 radical (unpaired) electrons. The molecule has 5 rings (SSSR count). The van der Waals surface area contributed by atoms with E-state index in [0.717, 1.165) is 43.4 Å². The van der Waals surface area contributed by atoms with Crippen molar-refractivity contribution >= 4 is 24.2 Å². The van der Waals surface area contributed by atoms with E-state index in [4.69, 9.17) is 10.5 Å². The van der Waals surface area contributed by atoms with Crippen molar-refractivity contribution in [3.05, 3.63) is 89.0 Å². The number of ketones is 1. The fraction of sp³-hybridized carbons (Fsp3) is 0.429. The summed E-state index contributed by atoms with van der Waals surface area (Å²) in [6.45, 7) is 0.0254. The van der Waals surface area contributed by atoms with Gasteiger partial charge in [0.2, 0.25) is 0 Å². The molecule has 0 aromatic heterocycles. The molecule has 1 saturated heterocycles. The highest BCUT2D eigenvalue weighted by molar-refractivity contribution is 6.03. The van der Waals surface area contributed by atoms with Gasteiger partial charge >= 0.3 is 12.1 Å². The summed E-state index contributed by atoms with van der Waals surface area (Å²) < 4.78 is 58.4. The van der Waals surface area contributed by atoms with E-state index in [-0.39, 0.29) is 31.2 Å². The quantitative estimate of drug-likeness (QED) is 0.163. The van der Waals surface area contributed by atoms with Crippen LogP contribution in [-0.4, -0.2) is 53.3 Å². The Morgan fingerprint density at radius 2 is 1.54 bits per heavy atom. The number of ether oxygens (including phenoxy) is 1. The number of nitrogens with two attached hydrogens (primary N) is 1. The molecule has 1 heterocycles. The maximum atomic E-state index is 13.8. The number of piperidine rings is 1. The number of aliphatic carboxylic acids is 1. The highest BCUT2D eigenvalue weighted by atomic mass is 35.5. The van der Waals surface area contributed by atoms with E-state index in [9.17, 15) is 32.3 Å². The van der Waals surface area contributed by atoms with Gasteiger partial charge in [0, 0.05) is 24.6 Å². The van der Waals surface area contributed by atoms with Gasteiger partial charge in [0.05, 0.1) is 12.2 Å². The summed E-state index contributed by atoms with van der Waals surface area (Å²) in [5.74, 6) is -1.12. The molecule has 0 bridgehead atoms. The van der Waals surface area contributed by atoms with E-state index in [2.05, 4.69) is 6.07 Å². The number of nitrogens with zero attached hydrogens (tertiary/aromatic N) is 1. The summed E-state index contributed by atoms with van der Waals surface area (Å²) in [6.07, 6.45) is -0.534. The molecule has 0 spiro atoms. The first-order valence-corrected chi connectivity index (χ1v) is 15.4. The number of halogens is 5. The summed E-state index contributed by atoms with van der Waals surface area (Å²) >= 11 is 0. The Hall–Kier alpha value is -3.47. The van der Waals surface area contributed by atoms with Gasteiger partial charge < -0.3 is 15.6 Å². The van der Waals surface area contributed by atoms with Gasteiger partial charge in [0.1, 0.15) is 11.4 Å². The van der Waals surface area contributed by atoms with Crippen LogP contribution in [-0.2, 0) is 23.8 Å². The minimum absolute atomic E-state index is 0. The second-order valence-corrected chi connectivity index (χ2v) is 12.0. The van der Waals surface area contributed by atoms with Crippen molar-refractivity contribution in [3.63, 3.8) is 0 Å². The third-order valence-corrected chi connectivity index (χ3v) is 9.16. The molecule has 1 aliphatic carbocycles. The third-order valence-electron chi connectivity index (χ3n) is 9.16. The molecule has 6 nitrogen and oxygen atoms in total. The zero-order valence-electron chi connectivity index (χ0n) is 25.4. The predicted octanol–water partition coefficient (Wildman–Crippen LogP) is 7.50. The predicted molar refractivity (Wildman–Crippen MR) is 170 cm³/mol. The lowest BCUT2D eigenvalue weighted by Gasteiger charge is -2.44. The van der Waals surface area contributed by atoms with Crippen molar-refractivity contribution in [2.75, 3.05) is 19.8 Å². The molecule has 248 valence electrons. The normalized spacial score (nSPS) is 17.7. The first kappa shape index (κ1) is 35.4. The Morgan fingerprint density at radius 3 is 2.13 bits per heavy atom. The number of likely N-dealkylation sites (tertiary alicyclic amines) is 1. The molecule has 1 fully saturated rings. The van der Waals surface area contributed by atoms with E-state index in [1.54, 1.807) is 24.3 Å². The number of aryl methyl sites for hydroxylation is 1. The summed E-state index contributed by atoms with van der Waals surface area (Å²) in [4.78, 5) is 28.0. The average Bonchev–Trinajstić information content (AvgIpc) is 3.05. The van der Waals surface area contributed by atoms with Crippen LogP contribution in [0.15, 0.2) is 66.7 Å². The minimum atomic E-state index is -4.43. The molecule has 0 saturated carbocycles. The monoisotopic (exact) mass is 662 g/mol. The second-order valence-electron chi connectivity index (χ2n) is 12.0. The number of carbonyl (C=O) groups is 2. The van der Waals surface area contributed by atoms with Crippen molar-refractivity contribution < 1.29 is 37.0 Å². The van der Waals surface area contributed by atoms with Crippen LogP contribution in [0, 0.1) is 5.92 Å². The van der Waals surface area contributed by atoms with Crippen LogP contribution in [0.25, 0.3) is 11.1 Å². The molecule has 0 amide bonds. The third kappa shape index (κ3) is 7.73. The number of Topliss-reactive ketones (excluding diaryl/α,β-unsaturated/α-hetero) is 1. The lowest BCUT2D eigenvalue weighted by Crippen LogP contribution is -2.64. The van der Waals surface area contributed by atoms with Crippen molar-refractivity contribution in [1.29, 1.82) is 0 Å². The molecular weight excluding hydrogens is 624 g/mol. The highest BCUT2D eigenvalue weighted by Crippen LogP contribution is 2.35. The number of benzene rings is 3. The molecule has 3 N–H and O–H groups in total. The molecule has 1 aliphatic heterocycles. The zero-order chi connectivity index (χ0) is 32.2. The lowest BCUT2D eigenvalue weighted by atomic mass is 9.85. The van der Waals surface area contributed by atoms with Crippen molar-refractivity contribution in [3.8, 4) is 16.9 Å². The number of carboxylic acids is 1. The van der Waals surface area contributed by atoms with Gasteiger partial charge in [0.25, 0.3) is 0 Å². The molecule has 2 unspecified atom stereocenters. The first-order valence-electron chi connectivity index (χ1n) is 15.4. The minimum Gasteiger partial charge on any atom is -0.478 e. The number of hydrogen-bond donors (Lipinski definition) is 2. The molecule has 46 heavy (non-hydrogen) atoms. The van der Waals surface area contributed by atoms with E-state index in [1.165, 1.54) is 17.7 Å². The number of alkyl halides is 4. The fourth-order valence-corrected chi connectivity index (χ4v) is 6.61. The van der Waals surface area contributed by atoms with Crippen LogP contribution in [0.5, 0.6) is 5.75 Å². The Morgan fingerprint density at radius 1 is 0.935 bits per heavy atom. The van der Waals surface area contributed by atoms with E-state index >= 15 is 0 Å². The number of fused-ring (bicyclic) bond motifs is 1. The van der Waals surface area contributed by atoms with E-state index in [0.29, 0.717) is 48.4 Å². The van der Waals surface area contributed by atoms with Crippen LogP contribution in [0.4, 0.5) is 17.6 Å². The van der Waals surface area contributed by atoms with E-state index < -0.39 is 41.9 Å². The van der Waals surface area contributed by atoms with Crippen LogP contribution >= 0.6 is 12.4 Å². The van der Waals surface area contributed by atoms with E-state index in [1.807, 2.05) is 17.0 Å². The maximum absolute atomic E-state index is 13.8. The van der Waals surface area contributed by atoms with Crippen LogP contribution in [0.1, 0.15) is 65.6 Å². The highest BCUT2D eigenvalue weighted by Gasteiger charge is 2.44. The van der Waals surface area contributed by atoms with Crippen LogP contribution in [0.2, 0.25) is 0 Å². The van der Waals surface area contributed by atoms with Gasteiger partial charge in [-0.1, -0.05) is 48.5 Å². The first-order chi connectivity index (χ1) is 21.5. The second kappa shape index (κ2) is 15.0. The molecule has 3 aromatic rings. The number of carboxylic acid groups (broad SMARTS) is 1. The van der Waals surface area contributed by atoms with Crippen LogP contribution in [0.3, 0.4) is 0 Å². The SMILES string of the molecule is Cl.NC(CCCF)(C(=O)c1ccc(-c2ccc(C(F)(F)F)cc2)cc1)N1CCC(C(Oc2cccc3c2CCCC3)C(=O)O)CC1. The Labute approximate surface area is 272 Å². The van der Waals surface area contributed by atoms with Crippen LogP contribution < -0.4 is 10.5 Å². The fourth-order valence-electron chi connectivity index (χ4n) is 6.61. The van der Waals surface area contributed by atoms with Gasteiger partial charge in [0.15, 0.2) is 11.9 Å². The van der Waals surface area contributed by atoms with Crippen molar-refractivity contribution in [2.24, 2.45) is 11.7 Å². The Kier molecular flexibility index (Phi) is 11.5. The summed E-state index contributed by atoms with van der Waals surface area (Å²) in [6, 6.07) is 17.0. The average molecular weight is 663 g/mol. The van der Waals surface area contributed by atoms with Crippen molar-refractivity contribution in [2.45, 2.75) is 69.3 Å². The number of rotatable bonds is 11. The summed E-state index contributed by atoms with van der Waals surface area (Å²) in [5.41, 5.74) is 8.29. The standard InChI is InChI=1S/C35H38F4N2O4.ClH/c36-20-4-19-34(40,32(42)27-11-9-23(10-12-27)24-13-15-28(16-14-24)35(37,38)39)41-21-17-26(18-22-41)31(33(43)44)45-30-8-3-6-25-5-1-2-7-29(25)30;/h3,6,8-16,26,31H,1-2,4-5,7,17-22,40H2,(H,43,44);1H. The summed E-state index contributed by atoms with van der Waals surface area (Å²) in [5, 5.41) is 10.1. The van der Waals surface area contributed by atoms with Gasteiger partial charge in [-0.25, -0.2) is 4.79 Å². The molecule has 11 heteroatoms. The Balaban J connectivity index is 0.00000480. The molecule has 2 atom stereocenters. The zero-order valence-corrected chi connectivity index (χ0v) is 26.2. The lowest BCUT2D eigenvalue weighted by molar-refractivity contribution is -0.149. The van der Waals surface area contributed by atoms with Gasteiger partial charge in [-0.2, -0.15) is 13.2 Å². The largest absolute Gasteiger partial charge is 0.478 e. The molecule has 2 aliphatic rings. The summed E-state index contributed by atoms with van der Waals surface area (Å²) in [7, 11) is 0. The molecular formula is C35H39ClF4N2O4. The Bertz CT molecular complexity index is 1490. The number of carbonyl (C=O) groups excluding carboxylic acids is 1. The van der Waals surface area contributed by atoms with Gasteiger partial charge in [-0.3, -0.25) is 14.1 Å². The number of hydrogen-bond acceptors (Lipinski definition) is 5. The topological polar surface area (TPSA) is 92.9 Å². The maximum Gasteiger partial charge on any atom is 0.416 e.